The molecular weight excluding hydrogens is 374 g/mol. The molecule has 4 rings (SSSR count). The summed E-state index contributed by atoms with van der Waals surface area (Å²) in [5.41, 5.74) is 4.94. The number of rotatable bonds is 3. The van der Waals surface area contributed by atoms with Crippen molar-refractivity contribution in [3.05, 3.63) is 87.7 Å². The molecule has 1 aliphatic heterocycles. The normalized spacial score (nSPS) is 13.1. The molecule has 0 unspecified atom stereocenters. The Morgan fingerprint density at radius 2 is 1.89 bits per heavy atom. The van der Waals surface area contributed by atoms with Crippen molar-refractivity contribution in [1.29, 1.82) is 0 Å². The monoisotopic (exact) mass is 393 g/mol. The molecule has 6 heteroatoms. The third-order valence-electron chi connectivity index (χ3n) is 5.07. The van der Waals surface area contributed by atoms with E-state index >= 15 is 0 Å². The van der Waals surface area contributed by atoms with Gasteiger partial charge in [-0.1, -0.05) is 29.8 Å². The molecule has 0 spiro atoms. The highest BCUT2D eigenvalue weighted by Crippen LogP contribution is 2.25. The van der Waals surface area contributed by atoms with Crippen molar-refractivity contribution in [1.82, 2.24) is 9.88 Å². The maximum Gasteiger partial charge on any atom is 0.257 e. The Morgan fingerprint density at radius 3 is 2.64 bits per heavy atom. The summed E-state index contributed by atoms with van der Waals surface area (Å²) in [4.78, 5) is 30.2. The van der Waals surface area contributed by atoms with Gasteiger partial charge < -0.3 is 15.2 Å². The Balaban J connectivity index is 1.52. The fourth-order valence-corrected chi connectivity index (χ4v) is 3.73. The third-order valence-corrected chi connectivity index (χ3v) is 5.40. The van der Waals surface area contributed by atoms with Gasteiger partial charge in [-0.3, -0.25) is 9.59 Å². The minimum Gasteiger partial charge on any atom is -0.365 e. The number of aryl methyl sites for hydroxylation is 1. The number of carbonyl (C=O) groups is 2. The van der Waals surface area contributed by atoms with E-state index in [1.807, 2.05) is 36.1 Å². The molecule has 1 aliphatic rings. The molecule has 3 aromatic rings. The predicted molar refractivity (Wildman–Crippen MR) is 110 cm³/mol. The van der Waals surface area contributed by atoms with E-state index in [-0.39, 0.29) is 11.8 Å². The molecule has 0 atom stereocenters. The molecule has 142 valence electrons. The number of anilines is 1. The second-order valence-corrected chi connectivity index (χ2v) is 7.32. The fraction of sp³-hybridized carbons (Fsp3) is 0.182. The number of aromatic amines is 1. The van der Waals surface area contributed by atoms with Crippen molar-refractivity contribution in [3.8, 4) is 0 Å². The molecule has 2 N–H and O–H groups in total. The number of aromatic nitrogens is 1. The van der Waals surface area contributed by atoms with Crippen LogP contribution in [0, 0.1) is 6.92 Å². The predicted octanol–water partition coefficient (Wildman–Crippen LogP) is 4.43. The third kappa shape index (κ3) is 3.53. The summed E-state index contributed by atoms with van der Waals surface area (Å²) >= 11 is 6.11. The van der Waals surface area contributed by atoms with Crippen LogP contribution in [0.2, 0.25) is 5.02 Å². The average Bonchev–Trinajstić information content (AvgIpc) is 3.13. The van der Waals surface area contributed by atoms with Crippen molar-refractivity contribution in [2.24, 2.45) is 0 Å². The van der Waals surface area contributed by atoms with Gasteiger partial charge in [-0.05, 0) is 54.8 Å². The molecule has 28 heavy (non-hydrogen) atoms. The highest BCUT2D eigenvalue weighted by Gasteiger charge is 2.23. The molecule has 0 radical (unpaired) electrons. The van der Waals surface area contributed by atoms with Gasteiger partial charge in [-0.2, -0.15) is 0 Å². The molecule has 1 aromatic heterocycles. The number of nitrogens with zero attached hydrogens (tertiary/aromatic N) is 1. The average molecular weight is 394 g/mol. The smallest absolute Gasteiger partial charge is 0.257 e. The number of amides is 2. The van der Waals surface area contributed by atoms with Crippen LogP contribution in [0.3, 0.4) is 0 Å². The SMILES string of the molecule is Cc1[nH]ccc1C(=O)N1CCc2ccc(NC(=O)c3ccccc3Cl)cc2C1. The van der Waals surface area contributed by atoms with Gasteiger partial charge in [0.2, 0.25) is 0 Å². The Labute approximate surface area is 168 Å². The number of H-pyrrole nitrogens is 1. The molecule has 2 aromatic carbocycles. The van der Waals surface area contributed by atoms with Gasteiger partial charge in [-0.25, -0.2) is 0 Å². The molecule has 2 heterocycles. The lowest BCUT2D eigenvalue weighted by molar-refractivity contribution is 0.0734. The zero-order chi connectivity index (χ0) is 19.7. The fourth-order valence-electron chi connectivity index (χ4n) is 3.51. The van der Waals surface area contributed by atoms with Crippen LogP contribution >= 0.6 is 11.6 Å². The summed E-state index contributed by atoms with van der Waals surface area (Å²) < 4.78 is 0. The van der Waals surface area contributed by atoms with Gasteiger partial charge in [0.15, 0.2) is 0 Å². The molecule has 0 saturated heterocycles. The van der Waals surface area contributed by atoms with Gasteiger partial charge in [0, 0.05) is 30.7 Å². The lowest BCUT2D eigenvalue weighted by atomic mass is 9.98. The molecule has 0 bridgehead atoms. The summed E-state index contributed by atoms with van der Waals surface area (Å²) in [6.07, 6.45) is 2.58. The van der Waals surface area contributed by atoms with E-state index in [2.05, 4.69) is 10.3 Å². The van der Waals surface area contributed by atoms with Crippen molar-refractivity contribution in [2.45, 2.75) is 19.9 Å². The first kappa shape index (κ1) is 18.3. The largest absolute Gasteiger partial charge is 0.365 e. The maximum atomic E-state index is 12.8. The van der Waals surface area contributed by atoms with Gasteiger partial charge in [0.05, 0.1) is 16.1 Å². The quantitative estimate of drug-likeness (QED) is 0.691. The van der Waals surface area contributed by atoms with Crippen LogP contribution in [0.25, 0.3) is 0 Å². The van der Waals surface area contributed by atoms with Crippen LogP contribution in [0.15, 0.2) is 54.7 Å². The molecule has 0 aliphatic carbocycles. The van der Waals surface area contributed by atoms with Crippen LogP contribution in [0.4, 0.5) is 5.69 Å². The molecule has 2 amide bonds. The van der Waals surface area contributed by atoms with Crippen molar-refractivity contribution < 1.29 is 9.59 Å². The van der Waals surface area contributed by atoms with Crippen molar-refractivity contribution in [3.63, 3.8) is 0 Å². The number of hydrogen-bond donors (Lipinski definition) is 2. The number of hydrogen-bond acceptors (Lipinski definition) is 2. The van der Waals surface area contributed by atoms with E-state index in [4.69, 9.17) is 11.6 Å². The Kier molecular flexibility index (Phi) is 4.92. The zero-order valence-electron chi connectivity index (χ0n) is 15.5. The van der Waals surface area contributed by atoms with Gasteiger partial charge in [0.1, 0.15) is 0 Å². The van der Waals surface area contributed by atoms with Crippen LogP contribution in [-0.2, 0) is 13.0 Å². The van der Waals surface area contributed by atoms with Crippen LogP contribution < -0.4 is 5.32 Å². The molecule has 5 nitrogen and oxygen atoms in total. The number of fused-ring (bicyclic) bond motifs is 1. The number of carbonyl (C=O) groups excluding carboxylic acids is 2. The van der Waals surface area contributed by atoms with Gasteiger partial charge in [-0.15, -0.1) is 0 Å². The summed E-state index contributed by atoms with van der Waals surface area (Å²) in [6.45, 7) is 3.10. The minimum atomic E-state index is -0.253. The highest BCUT2D eigenvalue weighted by molar-refractivity contribution is 6.34. The zero-order valence-corrected chi connectivity index (χ0v) is 16.2. The first-order valence-electron chi connectivity index (χ1n) is 9.14. The van der Waals surface area contributed by atoms with Crippen LogP contribution in [0.1, 0.15) is 37.5 Å². The first-order chi connectivity index (χ1) is 13.5. The van der Waals surface area contributed by atoms with Gasteiger partial charge >= 0.3 is 0 Å². The number of nitrogens with one attached hydrogen (secondary N) is 2. The Morgan fingerprint density at radius 1 is 1.07 bits per heavy atom. The summed E-state index contributed by atoms with van der Waals surface area (Å²) in [7, 11) is 0. The van der Waals surface area contributed by atoms with E-state index in [1.165, 1.54) is 5.56 Å². The second kappa shape index (κ2) is 7.52. The number of benzene rings is 2. The van der Waals surface area contributed by atoms with Crippen molar-refractivity contribution in [2.75, 3.05) is 11.9 Å². The summed E-state index contributed by atoms with van der Waals surface area (Å²) in [5.74, 6) is -0.229. The highest BCUT2D eigenvalue weighted by atomic mass is 35.5. The van der Waals surface area contributed by atoms with E-state index in [9.17, 15) is 9.59 Å². The Hall–Kier alpha value is -3.05. The van der Waals surface area contributed by atoms with E-state index in [0.717, 1.165) is 17.7 Å². The number of halogens is 1. The Bertz CT molecular complexity index is 1060. The lowest BCUT2D eigenvalue weighted by Crippen LogP contribution is -2.36. The molecule has 0 saturated carbocycles. The minimum absolute atomic E-state index is 0.0231. The molecule has 0 fully saturated rings. The first-order valence-corrected chi connectivity index (χ1v) is 9.51. The molecular formula is C22H20ClN3O2. The standard InChI is InChI=1S/C22H20ClN3O2/c1-14-18(8-10-24-14)22(28)26-11-9-15-6-7-17(12-16(15)13-26)25-21(27)19-4-2-3-5-20(19)23/h2-8,10,12,24H,9,11,13H2,1H3,(H,25,27). The van der Waals surface area contributed by atoms with Gasteiger partial charge in [0.25, 0.3) is 11.8 Å². The maximum absolute atomic E-state index is 12.8. The topological polar surface area (TPSA) is 65.2 Å². The second-order valence-electron chi connectivity index (χ2n) is 6.91. The van der Waals surface area contributed by atoms with Crippen LogP contribution in [-0.4, -0.2) is 28.2 Å². The van der Waals surface area contributed by atoms with E-state index in [0.29, 0.717) is 34.9 Å². The van der Waals surface area contributed by atoms with E-state index in [1.54, 1.807) is 30.5 Å². The summed E-state index contributed by atoms with van der Waals surface area (Å²) in [6, 6.07) is 14.6. The summed E-state index contributed by atoms with van der Waals surface area (Å²) in [5, 5.41) is 3.31. The van der Waals surface area contributed by atoms with Crippen LogP contribution in [0.5, 0.6) is 0 Å². The van der Waals surface area contributed by atoms with Crippen molar-refractivity contribution >= 4 is 29.1 Å². The van der Waals surface area contributed by atoms with E-state index < -0.39 is 0 Å². The lowest BCUT2D eigenvalue weighted by Gasteiger charge is -2.29.